The van der Waals surface area contributed by atoms with E-state index in [4.69, 9.17) is 0 Å². The third-order valence-electron chi connectivity index (χ3n) is 6.21. The van der Waals surface area contributed by atoms with Crippen LogP contribution in [0.3, 0.4) is 0 Å². The summed E-state index contributed by atoms with van der Waals surface area (Å²) in [7, 11) is 2.16. The first kappa shape index (κ1) is 17.6. The highest BCUT2D eigenvalue weighted by Gasteiger charge is 2.43. The maximum atomic E-state index is 13.0. The number of halogens is 3. The third-order valence-corrected chi connectivity index (χ3v) is 6.21. The number of benzene rings is 2. The minimum Gasteiger partial charge on any atom is -0.302 e. The van der Waals surface area contributed by atoms with Crippen molar-refractivity contribution in [2.24, 2.45) is 5.92 Å². The SMILES string of the molecule is Cc1cccc(C[C@@H]2C3CCc4cc(C(F)(F)F)ccc4[C@@H]3CN2C)c1. The highest BCUT2D eigenvalue weighted by atomic mass is 19.4. The molecule has 26 heavy (non-hydrogen) atoms. The molecule has 0 amide bonds. The number of aryl methyl sites for hydroxylation is 2. The molecule has 1 nitrogen and oxygen atoms in total. The van der Waals surface area contributed by atoms with Crippen molar-refractivity contribution in [3.63, 3.8) is 0 Å². The van der Waals surface area contributed by atoms with Gasteiger partial charge in [-0.3, -0.25) is 0 Å². The minimum atomic E-state index is -4.26. The van der Waals surface area contributed by atoms with E-state index < -0.39 is 11.7 Å². The number of alkyl halides is 3. The van der Waals surface area contributed by atoms with Gasteiger partial charge in [0.05, 0.1) is 5.56 Å². The molecule has 3 atom stereocenters. The number of hydrogen-bond acceptors (Lipinski definition) is 1. The van der Waals surface area contributed by atoms with Gasteiger partial charge in [-0.1, -0.05) is 35.9 Å². The van der Waals surface area contributed by atoms with Crippen molar-refractivity contribution in [2.75, 3.05) is 13.6 Å². The van der Waals surface area contributed by atoms with Gasteiger partial charge in [-0.05, 0) is 68.0 Å². The molecule has 1 saturated heterocycles. The van der Waals surface area contributed by atoms with Crippen LogP contribution in [0.2, 0.25) is 0 Å². The van der Waals surface area contributed by atoms with E-state index in [-0.39, 0.29) is 0 Å². The van der Waals surface area contributed by atoms with Crippen molar-refractivity contribution in [1.29, 1.82) is 0 Å². The highest BCUT2D eigenvalue weighted by molar-refractivity contribution is 5.40. The van der Waals surface area contributed by atoms with E-state index in [0.717, 1.165) is 36.9 Å². The molecule has 1 heterocycles. The Balaban J connectivity index is 1.60. The van der Waals surface area contributed by atoms with Crippen LogP contribution in [0.4, 0.5) is 13.2 Å². The Bertz CT molecular complexity index is 811. The molecule has 0 bridgehead atoms. The van der Waals surface area contributed by atoms with Crippen molar-refractivity contribution in [3.05, 3.63) is 70.3 Å². The van der Waals surface area contributed by atoms with Gasteiger partial charge in [0.1, 0.15) is 0 Å². The monoisotopic (exact) mass is 359 g/mol. The molecule has 4 rings (SSSR count). The second kappa shape index (κ2) is 6.41. The average molecular weight is 359 g/mol. The van der Waals surface area contributed by atoms with Gasteiger partial charge in [0.25, 0.3) is 0 Å². The smallest absolute Gasteiger partial charge is 0.302 e. The lowest BCUT2D eigenvalue weighted by atomic mass is 9.73. The average Bonchev–Trinajstić information content (AvgIpc) is 2.90. The Kier molecular flexibility index (Phi) is 4.34. The quantitative estimate of drug-likeness (QED) is 0.711. The fourth-order valence-electron chi connectivity index (χ4n) is 4.97. The van der Waals surface area contributed by atoms with E-state index in [2.05, 4.69) is 43.1 Å². The van der Waals surface area contributed by atoms with E-state index in [9.17, 15) is 13.2 Å². The zero-order valence-corrected chi connectivity index (χ0v) is 15.2. The van der Waals surface area contributed by atoms with Crippen LogP contribution in [-0.4, -0.2) is 24.5 Å². The minimum absolute atomic E-state index is 0.348. The summed E-state index contributed by atoms with van der Waals surface area (Å²) < 4.78 is 39.1. The summed E-state index contributed by atoms with van der Waals surface area (Å²) in [5, 5.41) is 0. The zero-order chi connectivity index (χ0) is 18.5. The molecule has 2 aromatic carbocycles. The largest absolute Gasteiger partial charge is 0.416 e. The van der Waals surface area contributed by atoms with Gasteiger partial charge < -0.3 is 4.90 Å². The molecule has 0 radical (unpaired) electrons. The van der Waals surface area contributed by atoms with Crippen molar-refractivity contribution in [3.8, 4) is 0 Å². The van der Waals surface area contributed by atoms with Crippen LogP contribution >= 0.6 is 0 Å². The molecule has 0 aromatic heterocycles. The zero-order valence-electron chi connectivity index (χ0n) is 15.2. The first-order valence-electron chi connectivity index (χ1n) is 9.29. The van der Waals surface area contributed by atoms with Crippen molar-refractivity contribution >= 4 is 0 Å². The summed E-state index contributed by atoms with van der Waals surface area (Å²) in [4.78, 5) is 2.41. The summed E-state index contributed by atoms with van der Waals surface area (Å²) in [6.07, 6.45) is -1.53. The fourth-order valence-corrected chi connectivity index (χ4v) is 4.97. The fraction of sp³-hybridized carbons (Fsp3) is 0.455. The summed E-state index contributed by atoms with van der Waals surface area (Å²) >= 11 is 0. The highest BCUT2D eigenvalue weighted by Crippen LogP contribution is 2.46. The van der Waals surface area contributed by atoms with E-state index >= 15 is 0 Å². The number of fused-ring (bicyclic) bond motifs is 3. The topological polar surface area (TPSA) is 3.24 Å². The van der Waals surface area contributed by atoms with Gasteiger partial charge in [0.15, 0.2) is 0 Å². The molecule has 138 valence electrons. The number of likely N-dealkylation sites (N-methyl/N-ethyl adjacent to an activating group) is 1. The molecule has 1 unspecified atom stereocenters. The Morgan fingerprint density at radius 2 is 1.92 bits per heavy atom. The molecule has 2 aliphatic rings. The summed E-state index contributed by atoms with van der Waals surface area (Å²) in [6, 6.07) is 13.5. The second-order valence-electron chi connectivity index (χ2n) is 7.92. The van der Waals surface area contributed by atoms with E-state index in [0.29, 0.717) is 17.9 Å². The summed E-state index contributed by atoms with van der Waals surface area (Å²) in [5.41, 5.74) is 4.13. The van der Waals surface area contributed by atoms with Crippen LogP contribution in [0.1, 0.15) is 40.2 Å². The Labute approximate surface area is 152 Å². The first-order valence-corrected chi connectivity index (χ1v) is 9.29. The van der Waals surface area contributed by atoms with Crippen LogP contribution in [0, 0.1) is 12.8 Å². The van der Waals surface area contributed by atoms with Gasteiger partial charge in [-0.2, -0.15) is 13.2 Å². The molecule has 4 heteroatoms. The second-order valence-corrected chi connectivity index (χ2v) is 7.92. The van der Waals surface area contributed by atoms with Gasteiger partial charge in [0, 0.05) is 18.5 Å². The van der Waals surface area contributed by atoms with Gasteiger partial charge in [0.2, 0.25) is 0 Å². The van der Waals surface area contributed by atoms with Crippen LogP contribution in [0.15, 0.2) is 42.5 Å². The van der Waals surface area contributed by atoms with Crippen molar-refractivity contribution in [1.82, 2.24) is 4.90 Å². The lowest BCUT2D eigenvalue weighted by molar-refractivity contribution is -0.137. The standard InChI is InChI=1S/C22H24F3N/c1-14-4-3-5-15(10-14)11-21-19-8-6-16-12-17(22(23,24)25)7-9-18(16)20(19)13-26(21)2/h3-5,7,9-10,12,19-21H,6,8,11,13H2,1-2H3/t19?,20-,21+/m0/s1. The number of likely N-dealkylation sites (tertiary alicyclic amines) is 1. The molecular formula is C22H24F3N. The summed E-state index contributed by atoms with van der Waals surface area (Å²) in [6.45, 7) is 3.04. The Morgan fingerprint density at radius 3 is 2.65 bits per heavy atom. The van der Waals surface area contributed by atoms with E-state index in [1.165, 1.54) is 23.3 Å². The van der Waals surface area contributed by atoms with Crippen molar-refractivity contribution in [2.45, 2.75) is 44.3 Å². The third kappa shape index (κ3) is 3.16. The van der Waals surface area contributed by atoms with Crippen LogP contribution in [0.25, 0.3) is 0 Å². The molecule has 2 aromatic rings. The molecule has 1 fully saturated rings. The molecule has 0 spiro atoms. The molecule has 1 aliphatic carbocycles. The van der Waals surface area contributed by atoms with Crippen LogP contribution < -0.4 is 0 Å². The molecule has 1 aliphatic heterocycles. The Hall–Kier alpha value is -1.81. The maximum absolute atomic E-state index is 13.0. The molecule has 0 N–H and O–H groups in total. The number of hydrogen-bond donors (Lipinski definition) is 0. The van der Waals surface area contributed by atoms with Crippen LogP contribution in [-0.2, 0) is 19.0 Å². The molecule has 0 saturated carbocycles. The lowest BCUT2D eigenvalue weighted by Crippen LogP contribution is -2.32. The van der Waals surface area contributed by atoms with Gasteiger partial charge in [-0.25, -0.2) is 0 Å². The van der Waals surface area contributed by atoms with Crippen molar-refractivity contribution < 1.29 is 13.2 Å². The first-order chi connectivity index (χ1) is 12.3. The number of rotatable bonds is 2. The molecular weight excluding hydrogens is 335 g/mol. The van der Waals surface area contributed by atoms with E-state index in [1.807, 2.05) is 0 Å². The van der Waals surface area contributed by atoms with E-state index in [1.54, 1.807) is 6.07 Å². The summed E-state index contributed by atoms with van der Waals surface area (Å²) in [5.74, 6) is 0.866. The predicted molar refractivity (Wildman–Crippen MR) is 97.3 cm³/mol. The van der Waals surface area contributed by atoms with Crippen LogP contribution in [0.5, 0.6) is 0 Å². The lowest BCUT2D eigenvalue weighted by Gasteiger charge is -2.32. The maximum Gasteiger partial charge on any atom is 0.416 e. The normalized spacial score (nSPS) is 25.8. The number of nitrogens with zero attached hydrogens (tertiary/aromatic N) is 1. The predicted octanol–water partition coefficient (Wildman–Crippen LogP) is 5.22. The Morgan fingerprint density at radius 1 is 1.12 bits per heavy atom. The van der Waals surface area contributed by atoms with Gasteiger partial charge >= 0.3 is 6.18 Å². The van der Waals surface area contributed by atoms with Gasteiger partial charge in [-0.15, -0.1) is 0 Å².